The summed E-state index contributed by atoms with van der Waals surface area (Å²) in [6.07, 6.45) is 0.765. The zero-order valence-electron chi connectivity index (χ0n) is 8.37. The van der Waals surface area contributed by atoms with E-state index >= 15 is 0 Å². The van der Waals surface area contributed by atoms with Gasteiger partial charge in [0.1, 0.15) is 0 Å². The van der Waals surface area contributed by atoms with Crippen LogP contribution in [0.1, 0.15) is 6.42 Å². The fourth-order valence-corrected chi connectivity index (χ4v) is 1.85. The second-order valence-electron chi connectivity index (χ2n) is 3.29. The van der Waals surface area contributed by atoms with Gasteiger partial charge >= 0.3 is 5.69 Å². The predicted octanol–water partition coefficient (Wildman–Crippen LogP) is 3.03. The summed E-state index contributed by atoms with van der Waals surface area (Å²) in [6, 6.07) is 5.34. The standard InChI is InChI=1S/C10H10Cl2N2O.ClH/c11-4-1-5-14-9-6-7(12)2-3-8(9)13-10(14)15;/h2-3,6H,1,4-5H2,(H,13,15);1H. The van der Waals surface area contributed by atoms with E-state index in [9.17, 15) is 4.79 Å². The van der Waals surface area contributed by atoms with Gasteiger partial charge in [0, 0.05) is 17.4 Å². The molecule has 6 heteroatoms. The molecular formula is C10H11Cl3N2O. The number of alkyl halides is 1. The van der Waals surface area contributed by atoms with Crippen molar-refractivity contribution in [3.63, 3.8) is 0 Å². The van der Waals surface area contributed by atoms with Gasteiger partial charge in [0.15, 0.2) is 0 Å². The molecule has 0 saturated carbocycles. The van der Waals surface area contributed by atoms with Crippen molar-refractivity contribution in [2.75, 3.05) is 5.88 Å². The summed E-state index contributed by atoms with van der Waals surface area (Å²) in [7, 11) is 0. The second-order valence-corrected chi connectivity index (χ2v) is 4.10. The fraction of sp³-hybridized carbons (Fsp3) is 0.300. The van der Waals surface area contributed by atoms with E-state index in [1.807, 2.05) is 0 Å². The summed E-state index contributed by atoms with van der Waals surface area (Å²) in [5.41, 5.74) is 1.52. The number of fused-ring (bicyclic) bond motifs is 1. The van der Waals surface area contributed by atoms with Gasteiger partial charge in [-0.25, -0.2) is 4.79 Å². The molecular weight excluding hydrogens is 270 g/mol. The molecule has 0 aliphatic rings. The van der Waals surface area contributed by atoms with Crippen LogP contribution in [0.4, 0.5) is 0 Å². The number of halogens is 3. The third-order valence-electron chi connectivity index (χ3n) is 2.25. The van der Waals surface area contributed by atoms with Crippen molar-refractivity contribution in [2.45, 2.75) is 13.0 Å². The molecule has 0 radical (unpaired) electrons. The van der Waals surface area contributed by atoms with E-state index in [2.05, 4.69) is 4.98 Å². The molecule has 0 atom stereocenters. The number of aryl methyl sites for hydroxylation is 1. The Morgan fingerprint density at radius 1 is 1.38 bits per heavy atom. The van der Waals surface area contributed by atoms with E-state index in [-0.39, 0.29) is 18.1 Å². The summed E-state index contributed by atoms with van der Waals surface area (Å²) in [6.45, 7) is 0.614. The lowest BCUT2D eigenvalue weighted by molar-refractivity contribution is 0.678. The number of benzene rings is 1. The van der Waals surface area contributed by atoms with Crippen molar-refractivity contribution in [1.29, 1.82) is 0 Å². The van der Waals surface area contributed by atoms with E-state index in [4.69, 9.17) is 23.2 Å². The van der Waals surface area contributed by atoms with Crippen molar-refractivity contribution in [2.24, 2.45) is 0 Å². The molecule has 0 fully saturated rings. The number of rotatable bonds is 3. The van der Waals surface area contributed by atoms with Crippen LogP contribution in [0.5, 0.6) is 0 Å². The molecule has 0 spiro atoms. The maximum atomic E-state index is 11.6. The molecule has 0 unspecified atom stereocenters. The first-order valence-corrected chi connectivity index (χ1v) is 5.57. The van der Waals surface area contributed by atoms with Crippen LogP contribution in [0.3, 0.4) is 0 Å². The molecule has 2 rings (SSSR count). The summed E-state index contributed by atoms with van der Waals surface area (Å²) in [4.78, 5) is 14.3. The van der Waals surface area contributed by atoms with Gasteiger partial charge in [0.2, 0.25) is 0 Å². The van der Waals surface area contributed by atoms with Crippen LogP contribution in [0.15, 0.2) is 23.0 Å². The lowest BCUT2D eigenvalue weighted by Crippen LogP contribution is -2.16. The average molecular weight is 282 g/mol. The molecule has 1 aromatic heterocycles. The van der Waals surface area contributed by atoms with Gasteiger partial charge in [0.05, 0.1) is 11.0 Å². The quantitative estimate of drug-likeness (QED) is 0.863. The maximum Gasteiger partial charge on any atom is 0.326 e. The van der Waals surface area contributed by atoms with Crippen LogP contribution < -0.4 is 5.69 Å². The van der Waals surface area contributed by atoms with Gasteiger partial charge < -0.3 is 4.98 Å². The van der Waals surface area contributed by atoms with E-state index in [0.717, 1.165) is 17.5 Å². The molecule has 88 valence electrons. The van der Waals surface area contributed by atoms with E-state index in [0.29, 0.717) is 17.4 Å². The average Bonchev–Trinajstić information content (AvgIpc) is 2.51. The van der Waals surface area contributed by atoms with Crippen LogP contribution in [0.2, 0.25) is 5.02 Å². The zero-order chi connectivity index (χ0) is 10.8. The Morgan fingerprint density at radius 2 is 2.12 bits per heavy atom. The number of aromatic amines is 1. The summed E-state index contributed by atoms with van der Waals surface area (Å²) >= 11 is 11.5. The molecule has 0 aliphatic heterocycles. The van der Waals surface area contributed by atoms with Gasteiger partial charge in [-0.2, -0.15) is 0 Å². The van der Waals surface area contributed by atoms with E-state index in [1.165, 1.54) is 0 Å². The predicted molar refractivity (Wildman–Crippen MR) is 70.2 cm³/mol. The highest BCUT2D eigenvalue weighted by Crippen LogP contribution is 2.16. The summed E-state index contributed by atoms with van der Waals surface area (Å²) in [5, 5.41) is 0.626. The van der Waals surface area contributed by atoms with Gasteiger partial charge in [-0.05, 0) is 24.6 Å². The molecule has 0 bridgehead atoms. The lowest BCUT2D eigenvalue weighted by atomic mass is 10.3. The van der Waals surface area contributed by atoms with Gasteiger partial charge in [-0.15, -0.1) is 24.0 Å². The number of hydrogen-bond donors (Lipinski definition) is 1. The van der Waals surface area contributed by atoms with Crippen LogP contribution in [-0.2, 0) is 6.54 Å². The minimum absolute atomic E-state index is 0. The largest absolute Gasteiger partial charge is 0.326 e. The first kappa shape index (κ1) is 13.4. The second kappa shape index (κ2) is 5.62. The van der Waals surface area contributed by atoms with E-state index in [1.54, 1.807) is 22.8 Å². The minimum Gasteiger partial charge on any atom is -0.306 e. The number of aromatic nitrogens is 2. The Labute approximate surface area is 109 Å². The number of hydrogen-bond acceptors (Lipinski definition) is 1. The van der Waals surface area contributed by atoms with Crippen LogP contribution in [0, 0.1) is 0 Å². The Morgan fingerprint density at radius 3 is 2.81 bits per heavy atom. The van der Waals surface area contributed by atoms with E-state index < -0.39 is 0 Å². The first-order chi connectivity index (χ1) is 7.22. The Kier molecular flexibility index (Phi) is 4.71. The fourth-order valence-electron chi connectivity index (χ4n) is 1.57. The monoisotopic (exact) mass is 280 g/mol. The van der Waals surface area contributed by atoms with Crippen molar-refractivity contribution < 1.29 is 0 Å². The first-order valence-electron chi connectivity index (χ1n) is 4.66. The SMILES string of the molecule is Cl.O=c1[nH]c2ccc(Cl)cc2n1CCCCl. The normalized spacial score (nSPS) is 10.4. The third-order valence-corrected chi connectivity index (χ3v) is 2.76. The van der Waals surface area contributed by atoms with Crippen molar-refractivity contribution in [3.8, 4) is 0 Å². The van der Waals surface area contributed by atoms with Gasteiger partial charge in [-0.3, -0.25) is 4.57 Å². The van der Waals surface area contributed by atoms with Crippen molar-refractivity contribution in [1.82, 2.24) is 9.55 Å². The topological polar surface area (TPSA) is 37.8 Å². The van der Waals surface area contributed by atoms with Crippen LogP contribution >= 0.6 is 35.6 Å². The van der Waals surface area contributed by atoms with Crippen LogP contribution in [0.25, 0.3) is 11.0 Å². The van der Waals surface area contributed by atoms with Gasteiger partial charge in [-0.1, -0.05) is 11.6 Å². The zero-order valence-corrected chi connectivity index (χ0v) is 10.7. The Hall–Kier alpha value is -0.640. The molecule has 0 aliphatic carbocycles. The molecule has 1 heterocycles. The molecule has 16 heavy (non-hydrogen) atoms. The van der Waals surface area contributed by atoms with Crippen LogP contribution in [-0.4, -0.2) is 15.4 Å². The number of imidazole rings is 1. The molecule has 2 aromatic rings. The smallest absolute Gasteiger partial charge is 0.306 e. The molecule has 3 nitrogen and oxygen atoms in total. The lowest BCUT2D eigenvalue weighted by Gasteiger charge is -2.00. The third kappa shape index (κ3) is 2.54. The summed E-state index contributed by atoms with van der Waals surface area (Å²) in [5.74, 6) is 0.541. The molecule has 1 N–H and O–H groups in total. The molecule has 0 saturated heterocycles. The minimum atomic E-state index is -0.114. The van der Waals surface area contributed by atoms with Gasteiger partial charge in [0.25, 0.3) is 0 Å². The highest BCUT2D eigenvalue weighted by Gasteiger charge is 2.06. The maximum absolute atomic E-state index is 11.6. The Bertz CT molecular complexity index is 532. The van der Waals surface area contributed by atoms with Crippen molar-refractivity contribution in [3.05, 3.63) is 33.7 Å². The number of nitrogens with one attached hydrogen (secondary N) is 1. The highest BCUT2D eigenvalue weighted by molar-refractivity contribution is 6.31. The summed E-state index contributed by atoms with van der Waals surface area (Å²) < 4.78 is 1.66. The Balaban J connectivity index is 0.00000128. The number of nitrogens with zero attached hydrogens (tertiary/aromatic N) is 1. The molecule has 1 aromatic carbocycles. The number of H-pyrrole nitrogens is 1. The molecule has 0 amide bonds. The highest BCUT2D eigenvalue weighted by atomic mass is 35.5. The van der Waals surface area contributed by atoms with Crippen molar-refractivity contribution >= 4 is 46.6 Å².